The van der Waals surface area contributed by atoms with E-state index in [0.29, 0.717) is 5.92 Å². The van der Waals surface area contributed by atoms with Gasteiger partial charge in [-0.3, -0.25) is 4.40 Å². The zero-order chi connectivity index (χ0) is 19.3. The largest absolute Gasteiger partial charge is 0.386 e. The third-order valence-corrected chi connectivity index (χ3v) is 6.03. The van der Waals surface area contributed by atoms with E-state index in [-0.39, 0.29) is 0 Å². The Morgan fingerprint density at radius 1 is 1.04 bits per heavy atom. The summed E-state index contributed by atoms with van der Waals surface area (Å²) >= 11 is 0. The average Bonchev–Trinajstić information content (AvgIpc) is 3.32. The maximum atomic E-state index is 10.3. The lowest BCUT2D eigenvalue weighted by molar-refractivity contribution is 0.0786. The molecule has 0 radical (unpaired) electrons. The summed E-state index contributed by atoms with van der Waals surface area (Å²) in [5, 5.41) is 10.3. The van der Waals surface area contributed by atoms with Gasteiger partial charge in [0.15, 0.2) is 5.65 Å². The van der Waals surface area contributed by atoms with Crippen LogP contribution >= 0.6 is 0 Å². The predicted molar refractivity (Wildman–Crippen MR) is 111 cm³/mol. The summed E-state index contributed by atoms with van der Waals surface area (Å²) in [4.78, 5) is 13.0. The number of aliphatic hydroxyl groups is 1. The minimum Gasteiger partial charge on any atom is -0.386 e. The third-order valence-electron chi connectivity index (χ3n) is 6.03. The van der Waals surface area contributed by atoms with Crippen molar-refractivity contribution in [2.45, 2.75) is 57.5 Å². The topological polar surface area (TPSA) is 66.2 Å². The highest BCUT2D eigenvalue weighted by molar-refractivity contribution is 5.84. The Morgan fingerprint density at radius 3 is 2.50 bits per heavy atom. The Balaban J connectivity index is 1.71. The molecule has 0 saturated heterocycles. The Hall–Kier alpha value is -2.66. The van der Waals surface area contributed by atoms with E-state index >= 15 is 0 Å². The van der Waals surface area contributed by atoms with E-state index in [1.165, 1.54) is 32.1 Å². The summed E-state index contributed by atoms with van der Waals surface area (Å²) in [6.07, 6.45) is 10.1. The summed E-state index contributed by atoms with van der Waals surface area (Å²) in [6.45, 7) is 3.61. The molecule has 2 N–H and O–H groups in total. The van der Waals surface area contributed by atoms with Crippen LogP contribution in [0, 0.1) is 0 Å². The summed E-state index contributed by atoms with van der Waals surface area (Å²) < 4.78 is 2.30. The number of benzene rings is 1. The molecular weight excluding hydrogens is 348 g/mol. The van der Waals surface area contributed by atoms with Crippen LogP contribution in [0.1, 0.15) is 63.3 Å². The van der Waals surface area contributed by atoms with Gasteiger partial charge in [0.25, 0.3) is 0 Å². The molecule has 1 fully saturated rings. The van der Waals surface area contributed by atoms with Crippen LogP contribution in [0.15, 0.2) is 42.7 Å². The van der Waals surface area contributed by atoms with Crippen molar-refractivity contribution in [1.29, 1.82) is 0 Å². The maximum Gasteiger partial charge on any atom is 0.154 e. The second-order valence-electron chi connectivity index (χ2n) is 8.48. The fourth-order valence-corrected chi connectivity index (χ4v) is 4.47. The number of hydrogen-bond acceptors (Lipinski definition) is 3. The van der Waals surface area contributed by atoms with E-state index in [2.05, 4.69) is 32.6 Å². The van der Waals surface area contributed by atoms with Gasteiger partial charge in [-0.1, -0.05) is 43.5 Å². The van der Waals surface area contributed by atoms with Crippen molar-refractivity contribution in [2.24, 2.45) is 0 Å². The first-order valence-electron chi connectivity index (χ1n) is 10.2. The van der Waals surface area contributed by atoms with Crippen LogP contribution in [0.3, 0.4) is 0 Å². The minimum atomic E-state index is -0.846. The molecule has 28 heavy (non-hydrogen) atoms. The SMILES string of the molecule is CC(C)(O)c1ccc(-c2nc(C3CCCCC3)n3c2cnc2[nH]ccc23)cc1. The number of hydrogen-bond donors (Lipinski definition) is 2. The van der Waals surface area contributed by atoms with Crippen molar-refractivity contribution in [3.05, 3.63) is 54.1 Å². The highest BCUT2D eigenvalue weighted by Gasteiger charge is 2.24. The molecule has 144 valence electrons. The number of aromatic amines is 1. The fraction of sp³-hybridized carbons (Fsp3) is 0.391. The molecule has 5 nitrogen and oxygen atoms in total. The Kier molecular flexibility index (Phi) is 4.02. The standard InChI is InChI=1S/C23H26N4O/c1-23(2,28)17-10-8-15(9-11-17)20-19-14-25-21-18(12-13-24-21)27(19)22(26-20)16-6-4-3-5-7-16/h8-14,16,24,28H,3-7H2,1-2H3. The van der Waals surface area contributed by atoms with Gasteiger partial charge in [-0.15, -0.1) is 0 Å². The van der Waals surface area contributed by atoms with Crippen LogP contribution in [0.5, 0.6) is 0 Å². The molecule has 0 spiro atoms. The number of rotatable bonds is 3. The van der Waals surface area contributed by atoms with Gasteiger partial charge in [-0.05, 0) is 38.3 Å². The van der Waals surface area contributed by atoms with Crippen LogP contribution in [0.25, 0.3) is 27.9 Å². The van der Waals surface area contributed by atoms with Crippen molar-refractivity contribution in [3.63, 3.8) is 0 Å². The number of nitrogens with zero attached hydrogens (tertiary/aromatic N) is 3. The van der Waals surface area contributed by atoms with Crippen LogP contribution in [-0.2, 0) is 5.60 Å². The summed E-state index contributed by atoms with van der Waals surface area (Å²) in [7, 11) is 0. The van der Waals surface area contributed by atoms with E-state index in [9.17, 15) is 5.11 Å². The molecule has 0 unspecified atom stereocenters. The van der Waals surface area contributed by atoms with Crippen molar-refractivity contribution in [2.75, 3.05) is 0 Å². The normalized spacial score (nSPS) is 16.2. The van der Waals surface area contributed by atoms with Gasteiger partial charge in [-0.25, -0.2) is 9.97 Å². The van der Waals surface area contributed by atoms with Gasteiger partial charge in [0, 0.05) is 17.7 Å². The molecule has 5 heteroatoms. The molecule has 1 aromatic carbocycles. The summed E-state index contributed by atoms with van der Waals surface area (Å²) in [6, 6.07) is 10.2. The number of fused-ring (bicyclic) bond motifs is 3. The molecule has 1 saturated carbocycles. The molecule has 1 aliphatic carbocycles. The Morgan fingerprint density at radius 2 is 1.79 bits per heavy atom. The van der Waals surface area contributed by atoms with Crippen molar-refractivity contribution >= 4 is 16.7 Å². The van der Waals surface area contributed by atoms with Gasteiger partial charge >= 0.3 is 0 Å². The summed E-state index contributed by atoms with van der Waals surface area (Å²) in [5.41, 5.74) is 5.11. The lowest BCUT2D eigenvalue weighted by Crippen LogP contribution is -2.14. The molecular formula is C23H26N4O. The monoisotopic (exact) mass is 374 g/mol. The van der Waals surface area contributed by atoms with Crippen molar-refractivity contribution in [3.8, 4) is 11.3 Å². The van der Waals surface area contributed by atoms with Gasteiger partial charge in [0.2, 0.25) is 0 Å². The molecule has 1 aliphatic rings. The van der Waals surface area contributed by atoms with Crippen LogP contribution < -0.4 is 0 Å². The zero-order valence-corrected chi connectivity index (χ0v) is 16.4. The first-order valence-corrected chi connectivity index (χ1v) is 10.2. The van der Waals surface area contributed by atoms with Crippen LogP contribution in [0.4, 0.5) is 0 Å². The summed E-state index contributed by atoms with van der Waals surface area (Å²) in [5.74, 6) is 1.65. The number of nitrogens with one attached hydrogen (secondary N) is 1. The number of imidazole rings is 1. The molecule has 3 aromatic heterocycles. The molecule has 0 bridgehead atoms. The van der Waals surface area contributed by atoms with Gasteiger partial charge in [-0.2, -0.15) is 0 Å². The minimum absolute atomic E-state index is 0.492. The first-order chi connectivity index (χ1) is 13.5. The van der Waals surface area contributed by atoms with E-state index in [4.69, 9.17) is 4.98 Å². The van der Waals surface area contributed by atoms with Crippen LogP contribution in [-0.4, -0.2) is 24.5 Å². The van der Waals surface area contributed by atoms with Gasteiger partial charge in [0.05, 0.1) is 28.5 Å². The maximum absolute atomic E-state index is 10.3. The molecule has 3 heterocycles. The lowest BCUT2D eigenvalue weighted by Gasteiger charge is -2.20. The Bertz CT molecular complexity index is 1130. The van der Waals surface area contributed by atoms with Crippen LogP contribution in [0.2, 0.25) is 0 Å². The molecule has 0 atom stereocenters. The zero-order valence-electron chi connectivity index (χ0n) is 16.4. The highest BCUT2D eigenvalue weighted by Crippen LogP contribution is 2.37. The number of aromatic nitrogens is 4. The predicted octanol–water partition coefficient (Wildman–Crippen LogP) is 5.15. The quantitative estimate of drug-likeness (QED) is 0.521. The lowest BCUT2D eigenvalue weighted by atomic mass is 9.89. The van der Waals surface area contributed by atoms with E-state index in [1.807, 2.05) is 38.4 Å². The first kappa shape index (κ1) is 17.4. The van der Waals surface area contributed by atoms with Gasteiger partial charge in [0.1, 0.15) is 5.82 Å². The molecule has 5 rings (SSSR count). The van der Waals surface area contributed by atoms with E-state index < -0.39 is 5.60 Å². The molecule has 0 aliphatic heterocycles. The molecule has 4 aromatic rings. The third kappa shape index (κ3) is 2.81. The van der Waals surface area contributed by atoms with Gasteiger partial charge < -0.3 is 10.1 Å². The average molecular weight is 374 g/mol. The van der Waals surface area contributed by atoms with E-state index in [0.717, 1.165) is 39.3 Å². The highest BCUT2D eigenvalue weighted by atomic mass is 16.3. The van der Waals surface area contributed by atoms with E-state index in [1.54, 1.807) is 0 Å². The smallest absolute Gasteiger partial charge is 0.154 e. The van der Waals surface area contributed by atoms with Crippen molar-refractivity contribution < 1.29 is 5.11 Å². The van der Waals surface area contributed by atoms with Crippen molar-refractivity contribution in [1.82, 2.24) is 19.4 Å². The number of H-pyrrole nitrogens is 1. The fourth-order valence-electron chi connectivity index (χ4n) is 4.47. The Labute approximate surface area is 164 Å². The second-order valence-corrected chi connectivity index (χ2v) is 8.48. The second kappa shape index (κ2) is 6.45. The molecule has 0 amide bonds.